The first-order valence-corrected chi connectivity index (χ1v) is 5.73. The van der Waals surface area contributed by atoms with E-state index < -0.39 is 0 Å². The average molecular weight is 228 g/mol. The molecule has 0 aliphatic heterocycles. The van der Waals surface area contributed by atoms with Gasteiger partial charge in [-0.1, -0.05) is 24.3 Å². The molecule has 0 saturated carbocycles. The fourth-order valence-electron chi connectivity index (χ4n) is 1.76. The number of carbonyl (C=O) groups is 1. The number of hydrogen-bond donors (Lipinski definition) is 2. The van der Waals surface area contributed by atoms with Crippen molar-refractivity contribution in [3.63, 3.8) is 0 Å². The van der Waals surface area contributed by atoms with Gasteiger partial charge in [0.1, 0.15) is 0 Å². The fourth-order valence-corrected chi connectivity index (χ4v) is 1.76. The number of benzene rings is 1. The van der Waals surface area contributed by atoms with Crippen LogP contribution < -0.4 is 11.1 Å². The molecule has 0 saturated heterocycles. The van der Waals surface area contributed by atoms with Crippen molar-refractivity contribution in [1.82, 2.24) is 5.32 Å². The van der Waals surface area contributed by atoms with Crippen LogP contribution in [0.25, 0.3) is 6.08 Å². The Morgan fingerprint density at radius 2 is 1.88 bits per heavy atom. The quantitative estimate of drug-likeness (QED) is 0.473. The number of anilines is 1. The highest BCUT2D eigenvalue weighted by atomic mass is 16.1. The van der Waals surface area contributed by atoms with Gasteiger partial charge in [0.2, 0.25) is 5.91 Å². The normalized spacial score (nSPS) is 15.5. The molecule has 1 aromatic carbocycles. The van der Waals surface area contributed by atoms with Crippen LogP contribution in [0.5, 0.6) is 0 Å². The molecule has 0 radical (unpaired) electrons. The van der Waals surface area contributed by atoms with Crippen LogP contribution in [0.2, 0.25) is 0 Å². The van der Waals surface area contributed by atoms with Crippen molar-refractivity contribution in [3.8, 4) is 0 Å². The molecule has 17 heavy (non-hydrogen) atoms. The van der Waals surface area contributed by atoms with Crippen LogP contribution in [-0.2, 0) is 4.79 Å². The van der Waals surface area contributed by atoms with E-state index in [1.54, 1.807) is 12.2 Å². The number of carbonyl (C=O) groups excluding carboxylic acids is 1. The third kappa shape index (κ3) is 3.48. The SMILES string of the molecule is Nc1ccc(/C=C/C(=O)NC2CC=CC2)cc1. The Balaban J connectivity index is 1.87. The number of nitrogens with two attached hydrogens (primary N) is 1. The molecule has 1 aromatic rings. The van der Waals surface area contributed by atoms with Gasteiger partial charge in [-0.15, -0.1) is 0 Å². The zero-order chi connectivity index (χ0) is 12.1. The third-order valence-electron chi connectivity index (χ3n) is 2.72. The summed E-state index contributed by atoms with van der Waals surface area (Å²) in [6.07, 6.45) is 9.40. The molecule has 1 aliphatic carbocycles. The van der Waals surface area contributed by atoms with Gasteiger partial charge in [-0.2, -0.15) is 0 Å². The van der Waals surface area contributed by atoms with Crippen LogP contribution in [-0.4, -0.2) is 11.9 Å². The summed E-state index contributed by atoms with van der Waals surface area (Å²) in [6, 6.07) is 7.67. The molecule has 3 heteroatoms. The van der Waals surface area contributed by atoms with Gasteiger partial charge in [0.05, 0.1) is 0 Å². The van der Waals surface area contributed by atoms with Crippen molar-refractivity contribution in [3.05, 3.63) is 48.1 Å². The lowest BCUT2D eigenvalue weighted by Gasteiger charge is -2.09. The summed E-state index contributed by atoms with van der Waals surface area (Å²) in [5.41, 5.74) is 7.28. The van der Waals surface area contributed by atoms with Crippen LogP contribution in [0.3, 0.4) is 0 Å². The van der Waals surface area contributed by atoms with Gasteiger partial charge >= 0.3 is 0 Å². The summed E-state index contributed by atoms with van der Waals surface area (Å²) < 4.78 is 0. The predicted molar refractivity (Wildman–Crippen MR) is 70.2 cm³/mol. The summed E-state index contributed by atoms with van der Waals surface area (Å²) in [6.45, 7) is 0. The predicted octanol–water partition coefficient (Wildman–Crippen LogP) is 2.12. The van der Waals surface area contributed by atoms with Crippen molar-refractivity contribution in [2.45, 2.75) is 18.9 Å². The molecular formula is C14H16N2O. The largest absolute Gasteiger partial charge is 0.399 e. The van der Waals surface area contributed by atoms with Crippen molar-refractivity contribution in [2.75, 3.05) is 5.73 Å². The highest BCUT2D eigenvalue weighted by molar-refractivity contribution is 5.92. The molecule has 0 atom stereocenters. The van der Waals surface area contributed by atoms with E-state index in [-0.39, 0.29) is 11.9 Å². The number of hydrogen-bond acceptors (Lipinski definition) is 2. The molecule has 0 bridgehead atoms. The summed E-state index contributed by atoms with van der Waals surface area (Å²) in [7, 11) is 0. The summed E-state index contributed by atoms with van der Waals surface area (Å²) >= 11 is 0. The molecular weight excluding hydrogens is 212 g/mol. The fraction of sp³-hybridized carbons (Fsp3) is 0.214. The van der Waals surface area contributed by atoms with Crippen LogP contribution in [0, 0.1) is 0 Å². The molecule has 88 valence electrons. The molecule has 0 unspecified atom stereocenters. The second kappa shape index (κ2) is 5.34. The Kier molecular flexibility index (Phi) is 3.60. The first-order chi connectivity index (χ1) is 8.24. The minimum absolute atomic E-state index is 0.0458. The number of nitrogen functional groups attached to an aromatic ring is 1. The molecule has 1 amide bonds. The van der Waals surface area contributed by atoms with Crippen LogP contribution in [0.15, 0.2) is 42.5 Å². The van der Waals surface area contributed by atoms with Gasteiger partial charge in [-0.05, 0) is 36.6 Å². The van der Waals surface area contributed by atoms with E-state index in [1.165, 1.54) is 0 Å². The maximum Gasteiger partial charge on any atom is 0.244 e. The second-order valence-electron chi connectivity index (χ2n) is 4.15. The molecule has 3 nitrogen and oxygen atoms in total. The smallest absolute Gasteiger partial charge is 0.244 e. The highest BCUT2D eigenvalue weighted by Gasteiger charge is 2.10. The standard InChI is InChI=1S/C14H16N2O/c15-12-8-5-11(6-9-12)7-10-14(17)16-13-3-1-2-4-13/h1-2,5-10,13H,3-4,15H2,(H,16,17)/b10-7+. The zero-order valence-corrected chi connectivity index (χ0v) is 9.60. The Morgan fingerprint density at radius 1 is 1.24 bits per heavy atom. The molecule has 0 fully saturated rings. The Labute approximate surface area is 101 Å². The Bertz CT molecular complexity index is 438. The molecule has 2 rings (SSSR count). The highest BCUT2D eigenvalue weighted by Crippen LogP contribution is 2.09. The van der Waals surface area contributed by atoms with Gasteiger partial charge in [0.25, 0.3) is 0 Å². The van der Waals surface area contributed by atoms with Crippen molar-refractivity contribution in [1.29, 1.82) is 0 Å². The lowest BCUT2D eigenvalue weighted by atomic mass is 10.2. The maximum absolute atomic E-state index is 11.6. The molecule has 0 heterocycles. The third-order valence-corrected chi connectivity index (χ3v) is 2.72. The monoisotopic (exact) mass is 228 g/mol. The second-order valence-corrected chi connectivity index (χ2v) is 4.15. The van der Waals surface area contributed by atoms with E-state index in [0.29, 0.717) is 0 Å². The minimum atomic E-state index is -0.0458. The first-order valence-electron chi connectivity index (χ1n) is 5.73. The lowest BCUT2D eigenvalue weighted by molar-refractivity contribution is -0.117. The topological polar surface area (TPSA) is 55.1 Å². The van der Waals surface area contributed by atoms with E-state index in [9.17, 15) is 4.79 Å². The molecule has 0 aromatic heterocycles. The molecule has 3 N–H and O–H groups in total. The van der Waals surface area contributed by atoms with E-state index in [4.69, 9.17) is 5.73 Å². The van der Waals surface area contributed by atoms with Crippen LogP contribution in [0.1, 0.15) is 18.4 Å². The van der Waals surface area contributed by atoms with Gasteiger partial charge in [-0.3, -0.25) is 4.79 Å². The maximum atomic E-state index is 11.6. The number of rotatable bonds is 3. The Hall–Kier alpha value is -2.03. The zero-order valence-electron chi connectivity index (χ0n) is 9.60. The van der Waals surface area contributed by atoms with E-state index >= 15 is 0 Å². The summed E-state index contributed by atoms with van der Waals surface area (Å²) in [5, 5.41) is 2.95. The van der Waals surface area contributed by atoms with E-state index in [0.717, 1.165) is 24.1 Å². The summed E-state index contributed by atoms with van der Waals surface area (Å²) in [4.78, 5) is 11.6. The first kappa shape index (κ1) is 11.5. The minimum Gasteiger partial charge on any atom is -0.399 e. The van der Waals surface area contributed by atoms with Crippen molar-refractivity contribution < 1.29 is 4.79 Å². The lowest BCUT2D eigenvalue weighted by Crippen LogP contribution is -2.31. The number of nitrogens with one attached hydrogen (secondary N) is 1. The van der Waals surface area contributed by atoms with Crippen LogP contribution in [0.4, 0.5) is 5.69 Å². The molecule has 1 aliphatic rings. The van der Waals surface area contributed by atoms with Crippen LogP contribution >= 0.6 is 0 Å². The van der Waals surface area contributed by atoms with Crippen molar-refractivity contribution >= 4 is 17.7 Å². The average Bonchev–Trinajstić information content (AvgIpc) is 2.81. The number of amides is 1. The summed E-state index contributed by atoms with van der Waals surface area (Å²) in [5.74, 6) is -0.0458. The van der Waals surface area contributed by atoms with Gasteiger partial charge in [0.15, 0.2) is 0 Å². The van der Waals surface area contributed by atoms with Gasteiger partial charge < -0.3 is 11.1 Å². The van der Waals surface area contributed by atoms with Crippen molar-refractivity contribution in [2.24, 2.45) is 0 Å². The molecule has 0 spiro atoms. The van der Waals surface area contributed by atoms with E-state index in [2.05, 4.69) is 17.5 Å². The van der Waals surface area contributed by atoms with Gasteiger partial charge in [-0.25, -0.2) is 0 Å². The Morgan fingerprint density at radius 3 is 2.53 bits per heavy atom. The van der Waals surface area contributed by atoms with Gasteiger partial charge in [0, 0.05) is 17.8 Å². The van der Waals surface area contributed by atoms with E-state index in [1.807, 2.05) is 24.3 Å².